The molecule has 2 N–H and O–H groups in total. The number of hydrogen-bond donors (Lipinski definition) is 1. The van der Waals surface area contributed by atoms with Gasteiger partial charge in [0.25, 0.3) is 0 Å². The molecule has 41 heavy (non-hydrogen) atoms. The number of rotatable bonds is 4. The number of nitrogens with two attached hydrogens (primary N) is 1. The summed E-state index contributed by atoms with van der Waals surface area (Å²) in [6.07, 6.45) is 2.81. The number of amides is 1. The summed E-state index contributed by atoms with van der Waals surface area (Å²) in [5.74, 6) is 9.11. The molecule has 1 amide bonds. The minimum atomic E-state index is -0.509. The summed E-state index contributed by atoms with van der Waals surface area (Å²) in [6.45, 7) is 11.1. The van der Waals surface area contributed by atoms with Gasteiger partial charge in [-0.05, 0) is 83.2 Å². The van der Waals surface area contributed by atoms with Crippen molar-refractivity contribution in [2.45, 2.75) is 59.1 Å². The SMILES string of the molecule is CC(C)n1c(C#CC2CCN(C(=O)OC(C)(C)C)CC2)c(-c2ccc(Oc3ccccc3)cc2)c2c(N)ncnc21. The quantitative estimate of drug-likeness (QED) is 0.273. The maximum absolute atomic E-state index is 12.5. The van der Waals surface area contributed by atoms with Crippen LogP contribution < -0.4 is 10.5 Å². The number of nitrogens with zero attached hydrogens (tertiary/aromatic N) is 4. The minimum Gasteiger partial charge on any atom is -0.457 e. The number of hydrogen-bond acceptors (Lipinski definition) is 6. The van der Waals surface area contributed by atoms with Crippen molar-refractivity contribution in [1.29, 1.82) is 0 Å². The molecule has 0 aliphatic carbocycles. The van der Waals surface area contributed by atoms with Gasteiger partial charge in [0.15, 0.2) is 0 Å². The summed E-state index contributed by atoms with van der Waals surface area (Å²) in [5, 5.41) is 0.793. The first-order chi connectivity index (χ1) is 19.6. The van der Waals surface area contributed by atoms with Gasteiger partial charge in [0.2, 0.25) is 0 Å². The van der Waals surface area contributed by atoms with Crippen molar-refractivity contribution in [1.82, 2.24) is 19.4 Å². The van der Waals surface area contributed by atoms with Gasteiger partial charge in [-0.2, -0.15) is 0 Å². The Bertz CT molecular complexity index is 1580. The Labute approximate surface area is 241 Å². The molecule has 1 aliphatic heterocycles. The van der Waals surface area contributed by atoms with E-state index in [1.165, 1.54) is 6.33 Å². The van der Waals surface area contributed by atoms with Crippen LogP contribution in [0.3, 0.4) is 0 Å². The van der Waals surface area contributed by atoms with Crippen molar-refractivity contribution in [3.8, 4) is 34.5 Å². The van der Waals surface area contributed by atoms with Gasteiger partial charge in [-0.15, -0.1) is 0 Å². The lowest BCUT2D eigenvalue weighted by Crippen LogP contribution is -2.41. The zero-order chi connectivity index (χ0) is 29.1. The van der Waals surface area contributed by atoms with Gasteiger partial charge in [-0.3, -0.25) is 0 Å². The zero-order valence-electron chi connectivity index (χ0n) is 24.3. The molecule has 0 bridgehead atoms. The third kappa shape index (κ3) is 6.30. The van der Waals surface area contributed by atoms with Crippen LogP contribution in [0.4, 0.5) is 10.6 Å². The fraction of sp³-hybridized carbons (Fsp3) is 0.364. The summed E-state index contributed by atoms with van der Waals surface area (Å²) >= 11 is 0. The number of ether oxygens (including phenoxy) is 2. The fourth-order valence-corrected chi connectivity index (χ4v) is 5.08. The van der Waals surface area contributed by atoms with Gasteiger partial charge >= 0.3 is 6.09 Å². The van der Waals surface area contributed by atoms with Crippen molar-refractivity contribution in [3.63, 3.8) is 0 Å². The summed E-state index contributed by atoms with van der Waals surface area (Å²) in [6, 6.07) is 17.7. The first kappa shape index (κ1) is 28.0. The van der Waals surface area contributed by atoms with Crippen molar-refractivity contribution in [2.75, 3.05) is 18.8 Å². The molecule has 0 atom stereocenters. The van der Waals surface area contributed by atoms with Crippen LogP contribution >= 0.6 is 0 Å². The van der Waals surface area contributed by atoms with Crippen LogP contribution in [0.15, 0.2) is 60.9 Å². The van der Waals surface area contributed by atoms with E-state index in [1.54, 1.807) is 4.90 Å². The Kier molecular flexibility index (Phi) is 7.89. The Morgan fingerprint density at radius 2 is 1.66 bits per heavy atom. The summed E-state index contributed by atoms with van der Waals surface area (Å²) in [4.78, 5) is 23.2. The molecule has 212 valence electrons. The van der Waals surface area contributed by atoms with E-state index in [1.807, 2.05) is 75.4 Å². The number of likely N-dealkylation sites (tertiary alicyclic amines) is 1. The number of fused-ring (bicyclic) bond motifs is 1. The first-order valence-electron chi connectivity index (χ1n) is 14.1. The molecule has 1 fully saturated rings. The van der Waals surface area contributed by atoms with Crippen molar-refractivity contribution < 1.29 is 14.3 Å². The van der Waals surface area contributed by atoms with Crippen LogP contribution in [0, 0.1) is 17.8 Å². The normalized spacial score (nSPS) is 14.1. The van der Waals surface area contributed by atoms with Gasteiger partial charge in [0, 0.05) is 30.6 Å². The molecule has 5 rings (SSSR count). The average Bonchev–Trinajstić information content (AvgIpc) is 3.28. The van der Waals surface area contributed by atoms with E-state index in [4.69, 9.17) is 15.2 Å². The molecule has 1 saturated heterocycles. The molecular formula is C33H37N5O3. The minimum absolute atomic E-state index is 0.0968. The molecule has 2 aromatic carbocycles. The van der Waals surface area contributed by atoms with E-state index < -0.39 is 5.60 Å². The molecule has 8 nitrogen and oxygen atoms in total. The highest BCUT2D eigenvalue weighted by atomic mass is 16.6. The van der Waals surface area contributed by atoms with E-state index in [2.05, 4.69) is 40.2 Å². The smallest absolute Gasteiger partial charge is 0.410 e. The van der Waals surface area contributed by atoms with Crippen LogP contribution in [0.5, 0.6) is 11.5 Å². The van der Waals surface area contributed by atoms with Gasteiger partial charge in [-0.25, -0.2) is 14.8 Å². The maximum atomic E-state index is 12.5. The third-order valence-corrected chi connectivity index (χ3v) is 6.99. The van der Waals surface area contributed by atoms with Crippen LogP contribution in [0.1, 0.15) is 59.2 Å². The lowest BCUT2D eigenvalue weighted by molar-refractivity contribution is 0.0199. The Morgan fingerprint density at radius 1 is 1.00 bits per heavy atom. The average molecular weight is 552 g/mol. The van der Waals surface area contributed by atoms with Crippen LogP contribution in [-0.2, 0) is 4.74 Å². The number of carbonyl (C=O) groups is 1. The lowest BCUT2D eigenvalue weighted by Gasteiger charge is -2.31. The number of piperidine rings is 1. The van der Waals surface area contributed by atoms with E-state index in [0.717, 1.165) is 52.2 Å². The van der Waals surface area contributed by atoms with Gasteiger partial charge in [0.1, 0.15) is 40.6 Å². The Morgan fingerprint density at radius 3 is 2.29 bits per heavy atom. The van der Waals surface area contributed by atoms with E-state index in [9.17, 15) is 4.79 Å². The predicted octanol–water partition coefficient (Wildman–Crippen LogP) is 7.05. The summed E-state index contributed by atoms with van der Waals surface area (Å²) in [7, 11) is 0. The second kappa shape index (κ2) is 11.5. The van der Waals surface area contributed by atoms with E-state index in [0.29, 0.717) is 18.9 Å². The molecule has 0 saturated carbocycles. The van der Waals surface area contributed by atoms with E-state index >= 15 is 0 Å². The number of para-hydroxylation sites is 1. The fourth-order valence-electron chi connectivity index (χ4n) is 5.08. The summed E-state index contributed by atoms with van der Waals surface area (Å²) < 4.78 is 13.7. The number of anilines is 1. The molecule has 0 radical (unpaired) electrons. The molecule has 8 heteroatoms. The Hall–Kier alpha value is -4.51. The molecular weight excluding hydrogens is 514 g/mol. The highest BCUT2D eigenvalue weighted by Crippen LogP contribution is 2.39. The monoisotopic (exact) mass is 551 g/mol. The number of carbonyl (C=O) groups excluding carboxylic acids is 1. The van der Waals surface area contributed by atoms with Crippen LogP contribution in [0.25, 0.3) is 22.2 Å². The van der Waals surface area contributed by atoms with Gasteiger partial charge < -0.3 is 24.7 Å². The number of aromatic nitrogens is 3. The van der Waals surface area contributed by atoms with E-state index in [-0.39, 0.29) is 18.1 Å². The predicted molar refractivity (Wildman–Crippen MR) is 162 cm³/mol. The molecule has 4 aromatic rings. The highest BCUT2D eigenvalue weighted by Gasteiger charge is 2.27. The molecule has 3 heterocycles. The van der Waals surface area contributed by atoms with Crippen LogP contribution in [-0.4, -0.2) is 44.2 Å². The molecule has 2 aromatic heterocycles. The van der Waals surface area contributed by atoms with Crippen molar-refractivity contribution >= 4 is 22.9 Å². The molecule has 1 aliphatic rings. The number of nitrogen functional groups attached to an aromatic ring is 1. The second-order valence-corrected chi connectivity index (χ2v) is 11.6. The first-order valence-corrected chi connectivity index (χ1v) is 14.1. The molecule has 0 unspecified atom stereocenters. The van der Waals surface area contributed by atoms with Crippen molar-refractivity contribution in [3.05, 3.63) is 66.6 Å². The van der Waals surface area contributed by atoms with Gasteiger partial charge in [-0.1, -0.05) is 36.3 Å². The molecule has 0 spiro atoms. The van der Waals surface area contributed by atoms with Crippen molar-refractivity contribution in [2.24, 2.45) is 5.92 Å². The van der Waals surface area contributed by atoms with Gasteiger partial charge in [0.05, 0.1) is 5.39 Å². The number of benzene rings is 2. The van der Waals surface area contributed by atoms with Crippen LogP contribution in [0.2, 0.25) is 0 Å². The standard InChI is InChI=1S/C33H37N5O3/c1-22(2)38-27(16-11-23-17-19-37(20-18-23)32(39)41-33(3,4)5)28(29-30(34)35-21-36-31(29)38)24-12-14-26(15-13-24)40-25-9-7-6-8-10-25/h6-10,12-15,21-23H,17-20H2,1-5H3,(H2,34,35,36). The maximum Gasteiger partial charge on any atom is 0.410 e. The second-order valence-electron chi connectivity index (χ2n) is 11.6. The lowest BCUT2D eigenvalue weighted by atomic mass is 9.97. The largest absolute Gasteiger partial charge is 0.457 e. The Balaban J connectivity index is 1.48. The zero-order valence-corrected chi connectivity index (χ0v) is 24.3. The summed E-state index contributed by atoms with van der Waals surface area (Å²) in [5.41, 5.74) is 9.43. The highest BCUT2D eigenvalue weighted by molar-refractivity contribution is 6.03. The third-order valence-electron chi connectivity index (χ3n) is 6.99. The topological polar surface area (TPSA) is 95.5 Å².